The van der Waals surface area contributed by atoms with Crippen LogP contribution in [0.3, 0.4) is 0 Å². The summed E-state index contributed by atoms with van der Waals surface area (Å²) in [6.45, 7) is 7.30. The molecule has 3 amide bonds. The number of carbonyl (C=O) groups is 3. The van der Waals surface area contributed by atoms with Gasteiger partial charge in [0.15, 0.2) is 5.69 Å². The highest BCUT2D eigenvalue weighted by molar-refractivity contribution is 6.06. The molecule has 0 bridgehead atoms. The number of fused-ring (bicyclic) bond motifs is 1. The highest BCUT2D eigenvalue weighted by Gasteiger charge is 2.32. The molecule has 5 aromatic rings. The fourth-order valence-corrected chi connectivity index (χ4v) is 6.90. The van der Waals surface area contributed by atoms with E-state index in [4.69, 9.17) is 9.84 Å². The van der Waals surface area contributed by atoms with Gasteiger partial charge in [0.05, 0.1) is 31.0 Å². The lowest BCUT2D eigenvalue weighted by Crippen LogP contribution is -2.46. The van der Waals surface area contributed by atoms with Crippen molar-refractivity contribution in [2.45, 2.75) is 65.5 Å². The minimum Gasteiger partial charge on any atom is -0.497 e. The molecule has 286 valence electrons. The second-order valence-corrected chi connectivity index (χ2v) is 13.9. The Labute approximate surface area is 320 Å². The summed E-state index contributed by atoms with van der Waals surface area (Å²) in [5, 5.41) is 18.0. The van der Waals surface area contributed by atoms with E-state index in [0.717, 1.165) is 42.4 Å². The summed E-state index contributed by atoms with van der Waals surface area (Å²) in [4.78, 5) is 61.4. The Balaban J connectivity index is 1.35. The zero-order chi connectivity index (χ0) is 39.1. The van der Waals surface area contributed by atoms with Crippen molar-refractivity contribution in [1.29, 1.82) is 0 Å². The van der Waals surface area contributed by atoms with Gasteiger partial charge in [-0.3, -0.25) is 19.2 Å². The van der Waals surface area contributed by atoms with E-state index >= 15 is 0 Å². The van der Waals surface area contributed by atoms with Gasteiger partial charge in [-0.15, -0.1) is 0 Å². The predicted octanol–water partition coefficient (Wildman–Crippen LogP) is 6.40. The van der Waals surface area contributed by atoms with Crippen LogP contribution in [0.5, 0.6) is 5.75 Å². The number of nitrogens with one attached hydrogen (secondary N) is 2. The van der Waals surface area contributed by atoms with Crippen molar-refractivity contribution < 1.29 is 24.2 Å². The number of methoxy groups -OCH3 is 1. The molecule has 3 N–H and O–H groups in total. The van der Waals surface area contributed by atoms with E-state index in [-0.39, 0.29) is 47.5 Å². The number of benzene rings is 3. The molecule has 6 rings (SSSR count). The molecule has 1 unspecified atom stereocenters. The molecule has 55 heavy (non-hydrogen) atoms. The number of pyridine rings is 1. The van der Waals surface area contributed by atoms with E-state index < -0.39 is 17.5 Å². The molecule has 0 aliphatic carbocycles. The Morgan fingerprint density at radius 3 is 2.29 bits per heavy atom. The largest absolute Gasteiger partial charge is 0.497 e. The Morgan fingerprint density at radius 1 is 0.927 bits per heavy atom. The Morgan fingerprint density at radius 2 is 1.64 bits per heavy atom. The van der Waals surface area contributed by atoms with Crippen LogP contribution in [0.2, 0.25) is 0 Å². The van der Waals surface area contributed by atoms with Crippen LogP contribution in [-0.2, 0) is 13.0 Å². The van der Waals surface area contributed by atoms with Gasteiger partial charge in [-0.05, 0) is 104 Å². The summed E-state index contributed by atoms with van der Waals surface area (Å²) in [6, 6.07) is 24.2. The lowest BCUT2D eigenvalue weighted by atomic mass is 9.93. The molecule has 12 heteroatoms. The van der Waals surface area contributed by atoms with Crippen LogP contribution in [0.25, 0.3) is 16.9 Å². The van der Waals surface area contributed by atoms with Gasteiger partial charge in [-0.2, -0.15) is 5.10 Å². The van der Waals surface area contributed by atoms with Gasteiger partial charge in [-0.25, -0.2) is 4.68 Å². The average Bonchev–Trinajstić information content (AvgIpc) is 3.60. The smallest absolute Gasteiger partial charge is 0.274 e. The number of aromatic nitrogens is 3. The first-order valence-corrected chi connectivity index (χ1v) is 18.8. The number of aliphatic hydroxyl groups excluding tert-OH is 1. The topological polar surface area (TPSA) is 150 Å². The summed E-state index contributed by atoms with van der Waals surface area (Å²) in [6.07, 6.45) is 4.15. The number of hydrogen-bond donors (Lipinski definition) is 3. The molecule has 0 spiro atoms. The Kier molecular flexibility index (Phi) is 12.3. The SMILES string of the molecule is CCCCN(CCCC)C(=O)c1cc(C)n(-c2ccc(NC(=O)c3ccc(-c4ccc(OC)cc4)[nH]c3=O)cc2C(=O)N2Cc3ccccc3CC2CO)n1. The first kappa shape index (κ1) is 38.7. The van der Waals surface area contributed by atoms with Crippen molar-refractivity contribution in [2.24, 2.45) is 0 Å². The average molecular weight is 745 g/mol. The number of H-pyrrole nitrogens is 1. The molecular weight excluding hydrogens is 697 g/mol. The number of nitrogens with zero attached hydrogens (tertiary/aromatic N) is 4. The van der Waals surface area contributed by atoms with E-state index in [0.29, 0.717) is 42.3 Å². The summed E-state index contributed by atoms with van der Waals surface area (Å²) in [5.41, 5.74) is 4.46. The van der Waals surface area contributed by atoms with E-state index in [2.05, 4.69) is 24.1 Å². The monoisotopic (exact) mass is 744 g/mol. The number of aliphatic hydroxyl groups is 1. The summed E-state index contributed by atoms with van der Waals surface area (Å²) in [5.74, 6) is -0.527. The molecule has 3 heterocycles. The molecule has 1 atom stereocenters. The standard InChI is InChI=1S/C43H48N6O6/c1-5-7-21-47(22-8-6-2)43(54)38-23-28(3)49(46-38)39-20-15-32(25-36(39)42(53)48-26-31-12-10-9-11-30(31)24-33(48)27-50)44-40(51)35-18-19-37(45-41(35)52)29-13-16-34(55-4)17-14-29/h9-20,23,25,33,50H,5-8,21-22,24,26-27H2,1-4H3,(H,44,51)(H,45,52). The number of rotatable bonds is 14. The number of unbranched alkanes of at least 4 members (excludes halogenated alkanes) is 2. The van der Waals surface area contributed by atoms with E-state index in [1.165, 1.54) is 6.07 Å². The lowest BCUT2D eigenvalue weighted by molar-refractivity contribution is 0.0544. The fourth-order valence-electron chi connectivity index (χ4n) is 6.90. The van der Waals surface area contributed by atoms with Crippen molar-refractivity contribution in [3.8, 4) is 22.7 Å². The van der Waals surface area contributed by atoms with Crippen molar-refractivity contribution in [3.05, 3.63) is 129 Å². The van der Waals surface area contributed by atoms with E-state index in [9.17, 15) is 24.3 Å². The van der Waals surface area contributed by atoms with Crippen LogP contribution < -0.4 is 15.6 Å². The van der Waals surface area contributed by atoms with Gasteiger partial charge in [0, 0.05) is 36.7 Å². The predicted molar refractivity (Wildman–Crippen MR) is 212 cm³/mol. The number of anilines is 1. The minimum atomic E-state index is -0.656. The van der Waals surface area contributed by atoms with Crippen LogP contribution >= 0.6 is 0 Å². The zero-order valence-electron chi connectivity index (χ0n) is 31.8. The molecule has 1 aliphatic rings. The summed E-state index contributed by atoms with van der Waals surface area (Å²) >= 11 is 0. The van der Waals surface area contributed by atoms with Crippen LogP contribution in [0, 0.1) is 6.92 Å². The molecule has 3 aromatic carbocycles. The molecule has 12 nitrogen and oxygen atoms in total. The van der Waals surface area contributed by atoms with Crippen LogP contribution in [0.15, 0.2) is 89.7 Å². The minimum absolute atomic E-state index is 0.107. The lowest BCUT2D eigenvalue weighted by Gasteiger charge is -2.36. The fraction of sp³-hybridized carbons (Fsp3) is 0.326. The maximum absolute atomic E-state index is 14.7. The number of hydrogen-bond acceptors (Lipinski definition) is 7. The summed E-state index contributed by atoms with van der Waals surface area (Å²) in [7, 11) is 1.57. The van der Waals surface area contributed by atoms with Crippen molar-refractivity contribution in [1.82, 2.24) is 24.6 Å². The molecular formula is C43H48N6O6. The van der Waals surface area contributed by atoms with Gasteiger partial charge in [0.25, 0.3) is 23.3 Å². The van der Waals surface area contributed by atoms with Crippen LogP contribution in [0.4, 0.5) is 5.69 Å². The second-order valence-electron chi connectivity index (χ2n) is 13.9. The zero-order valence-corrected chi connectivity index (χ0v) is 31.8. The number of carbonyl (C=O) groups excluding carboxylic acids is 3. The maximum atomic E-state index is 14.7. The third kappa shape index (κ3) is 8.54. The molecule has 0 fully saturated rings. The highest BCUT2D eigenvalue weighted by Crippen LogP contribution is 2.29. The number of ether oxygens (including phenoxy) is 1. The van der Waals surface area contributed by atoms with Crippen molar-refractivity contribution in [3.63, 3.8) is 0 Å². The maximum Gasteiger partial charge on any atom is 0.274 e. The Bertz CT molecular complexity index is 2220. The third-order valence-corrected chi connectivity index (χ3v) is 10.1. The number of aryl methyl sites for hydroxylation is 1. The van der Waals surface area contributed by atoms with Crippen LogP contribution in [0.1, 0.15) is 87.6 Å². The molecule has 0 radical (unpaired) electrons. The van der Waals surface area contributed by atoms with Gasteiger partial charge in [0.1, 0.15) is 11.3 Å². The van der Waals surface area contributed by atoms with E-state index in [1.54, 1.807) is 71.3 Å². The quantitative estimate of drug-likeness (QED) is 0.119. The number of amides is 3. The Hall–Kier alpha value is -6.01. The van der Waals surface area contributed by atoms with Crippen molar-refractivity contribution in [2.75, 3.05) is 32.1 Å². The first-order chi connectivity index (χ1) is 26.6. The van der Waals surface area contributed by atoms with Crippen molar-refractivity contribution >= 4 is 23.4 Å². The van der Waals surface area contributed by atoms with Gasteiger partial charge < -0.3 is 29.9 Å². The third-order valence-electron chi connectivity index (χ3n) is 10.1. The molecule has 0 saturated heterocycles. The highest BCUT2D eigenvalue weighted by atomic mass is 16.5. The summed E-state index contributed by atoms with van der Waals surface area (Å²) < 4.78 is 6.80. The molecule has 1 aliphatic heterocycles. The van der Waals surface area contributed by atoms with Gasteiger partial charge in [0.2, 0.25) is 0 Å². The van der Waals surface area contributed by atoms with E-state index in [1.807, 2.05) is 36.1 Å². The van der Waals surface area contributed by atoms with Crippen LogP contribution in [-0.4, -0.2) is 80.2 Å². The second kappa shape index (κ2) is 17.4. The molecule has 0 saturated carbocycles. The normalized spacial score (nSPS) is 13.6. The molecule has 2 aromatic heterocycles. The first-order valence-electron chi connectivity index (χ1n) is 18.8. The van der Waals surface area contributed by atoms with Gasteiger partial charge in [-0.1, -0.05) is 51.0 Å². The van der Waals surface area contributed by atoms with Gasteiger partial charge >= 0.3 is 0 Å². The number of aromatic amines is 1.